The predicted octanol–water partition coefficient (Wildman–Crippen LogP) is 5.66. The van der Waals surface area contributed by atoms with Gasteiger partial charge in [-0.05, 0) is 0 Å². The minimum absolute atomic E-state index is 0.111. The van der Waals surface area contributed by atoms with E-state index in [1.54, 1.807) is 10.6 Å². The van der Waals surface area contributed by atoms with Crippen LogP contribution in [0.4, 0.5) is 0 Å². The number of hydrogen-bond donors (Lipinski definition) is 0. The van der Waals surface area contributed by atoms with Gasteiger partial charge in [-0.1, -0.05) is 0 Å². The third kappa shape index (κ3) is 2.25. The SMILES string of the molecule is CC1(C)c2ccccc2C[PH](c2ccccc2)(c2ccccc2)C1(C)C. The van der Waals surface area contributed by atoms with Crippen LogP contribution in [0.2, 0.25) is 0 Å². The molecule has 1 heterocycles. The number of benzene rings is 3. The molecular formula is C25H29P. The van der Waals surface area contributed by atoms with E-state index in [-0.39, 0.29) is 10.6 Å². The van der Waals surface area contributed by atoms with E-state index < -0.39 is 7.26 Å². The number of fused-ring (bicyclic) bond motifs is 1. The molecule has 0 N–H and O–H groups in total. The van der Waals surface area contributed by atoms with Crippen LogP contribution in [0.3, 0.4) is 0 Å². The molecule has 0 unspecified atom stereocenters. The first-order valence-electron chi connectivity index (χ1n) is 9.61. The zero-order chi connectivity index (χ0) is 18.4. The molecule has 1 aliphatic heterocycles. The Balaban J connectivity index is 2.10. The van der Waals surface area contributed by atoms with E-state index in [0.717, 1.165) is 0 Å². The van der Waals surface area contributed by atoms with Crippen LogP contribution in [-0.4, -0.2) is 5.16 Å². The van der Waals surface area contributed by atoms with Crippen LogP contribution in [0, 0.1) is 0 Å². The molecule has 0 aromatic heterocycles. The van der Waals surface area contributed by atoms with Crippen LogP contribution in [0.1, 0.15) is 38.8 Å². The van der Waals surface area contributed by atoms with Gasteiger partial charge < -0.3 is 0 Å². The number of rotatable bonds is 2. The normalized spacial score (nSPS) is 20.8. The van der Waals surface area contributed by atoms with Crippen molar-refractivity contribution in [3.63, 3.8) is 0 Å². The summed E-state index contributed by atoms with van der Waals surface area (Å²) in [6.45, 7) is 9.96. The van der Waals surface area contributed by atoms with Gasteiger partial charge in [0.25, 0.3) is 0 Å². The maximum atomic E-state index is 2.52. The summed E-state index contributed by atoms with van der Waals surface area (Å²) in [5.41, 5.74) is 3.18. The van der Waals surface area contributed by atoms with Crippen LogP contribution < -0.4 is 10.6 Å². The van der Waals surface area contributed by atoms with Crippen molar-refractivity contribution in [2.24, 2.45) is 0 Å². The second-order valence-corrected chi connectivity index (χ2v) is 13.3. The Labute approximate surface area is 158 Å². The zero-order valence-electron chi connectivity index (χ0n) is 16.3. The van der Waals surface area contributed by atoms with Crippen molar-refractivity contribution in [3.05, 3.63) is 96.1 Å². The second-order valence-electron chi connectivity index (χ2n) is 8.72. The van der Waals surface area contributed by atoms with E-state index in [2.05, 4.69) is 113 Å². The van der Waals surface area contributed by atoms with E-state index in [1.165, 1.54) is 17.3 Å². The van der Waals surface area contributed by atoms with Crippen molar-refractivity contribution in [1.82, 2.24) is 0 Å². The Morgan fingerprint density at radius 2 is 1.08 bits per heavy atom. The first kappa shape index (κ1) is 17.5. The topological polar surface area (TPSA) is 0 Å². The molecule has 0 radical (unpaired) electrons. The van der Waals surface area contributed by atoms with Gasteiger partial charge in [-0.15, -0.1) is 0 Å². The fraction of sp³-hybridized carbons (Fsp3) is 0.280. The first-order chi connectivity index (χ1) is 12.4. The van der Waals surface area contributed by atoms with Crippen LogP contribution in [0.15, 0.2) is 84.9 Å². The van der Waals surface area contributed by atoms with Crippen molar-refractivity contribution >= 4 is 17.9 Å². The van der Waals surface area contributed by atoms with Gasteiger partial charge in [0.05, 0.1) is 0 Å². The fourth-order valence-corrected chi connectivity index (χ4v) is 11.4. The molecule has 0 aliphatic carbocycles. The molecule has 0 nitrogen and oxygen atoms in total. The molecule has 0 saturated heterocycles. The quantitative estimate of drug-likeness (QED) is 0.518. The van der Waals surface area contributed by atoms with Crippen LogP contribution in [0.5, 0.6) is 0 Å². The van der Waals surface area contributed by atoms with Gasteiger partial charge >= 0.3 is 158 Å². The third-order valence-corrected chi connectivity index (χ3v) is 13.6. The molecule has 3 aromatic carbocycles. The molecule has 0 spiro atoms. The van der Waals surface area contributed by atoms with E-state index in [4.69, 9.17) is 0 Å². The third-order valence-electron chi connectivity index (χ3n) is 7.31. The Morgan fingerprint density at radius 3 is 1.62 bits per heavy atom. The summed E-state index contributed by atoms with van der Waals surface area (Å²) in [7, 11) is -2.05. The van der Waals surface area contributed by atoms with Gasteiger partial charge in [0.2, 0.25) is 0 Å². The summed E-state index contributed by atoms with van der Waals surface area (Å²) in [6.07, 6.45) is 1.17. The molecule has 1 aliphatic rings. The molecule has 134 valence electrons. The fourth-order valence-electron chi connectivity index (χ4n) is 5.20. The Morgan fingerprint density at radius 1 is 0.615 bits per heavy atom. The minimum atomic E-state index is -2.05. The summed E-state index contributed by atoms with van der Waals surface area (Å²) >= 11 is 0. The van der Waals surface area contributed by atoms with Gasteiger partial charge in [-0.25, -0.2) is 0 Å². The standard InChI is InChI=1S/C25H29P/c1-24(2)23-18-12-11-13-20(23)19-26(25(24,3)4,21-14-7-5-8-15-21)22-16-9-6-10-17-22/h5-18,26H,19H2,1-4H3. The van der Waals surface area contributed by atoms with Gasteiger partial charge in [0, 0.05) is 0 Å². The van der Waals surface area contributed by atoms with E-state index in [9.17, 15) is 0 Å². The van der Waals surface area contributed by atoms with Crippen molar-refractivity contribution in [2.75, 3.05) is 0 Å². The van der Waals surface area contributed by atoms with E-state index >= 15 is 0 Å². The zero-order valence-corrected chi connectivity index (χ0v) is 17.3. The molecule has 4 rings (SSSR count). The Kier molecular flexibility index (Phi) is 4.08. The van der Waals surface area contributed by atoms with Crippen LogP contribution >= 0.6 is 7.26 Å². The molecule has 1 heteroatoms. The first-order valence-corrected chi connectivity index (χ1v) is 11.8. The van der Waals surface area contributed by atoms with Gasteiger partial charge in [0.1, 0.15) is 0 Å². The second kappa shape index (κ2) is 6.07. The molecule has 0 fully saturated rings. The van der Waals surface area contributed by atoms with Gasteiger partial charge in [-0.2, -0.15) is 0 Å². The molecule has 3 aromatic rings. The Hall–Kier alpha value is -1.91. The van der Waals surface area contributed by atoms with Crippen molar-refractivity contribution in [2.45, 2.75) is 44.4 Å². The van der Waals surface area contributed by atoms with Gasteiger partial charge in [-0.3, -0.25) is 0 Å². The average molecular weight is 360 g/mol. The Bertz CT molecular complexity index is 868. The van der Waals surface area contributed by atoms with Gasteiger partial charge in [0.15, 0.2) is 0 Å². The summed E-state index contributed by atoms with van der Waals surface area (Å²) in [5, 5.41) is 3.29. The van der Waals surface area contributed by atoms with Crippen molar-refractivity contribution in [1.29, 1.82) is 0 Å². The van der Waals surface area contributed by atoms with Crippen LogP contribution in [0.25, 0.3) is 0 Å². The molecule has 0 atom stereocenters. The molecule has 0 bridgehead atoms. The maximum absolute atomic E-state index is 2.52. The number of hydrogen-bond acceptors (Lipinski definition) is 0. The van der Waals surface area contributed by atoms with Crippen molar-refractivity contribution in [3.8, 4) is 0 Å². The molecular weight excluding hydrogens is 331 g/mol. The predicted molar refractivity (Wildman–Crippen MR) is 118 cm³/mol. The monoisotopic (exact) mass is 360 g/mol. The molecule has 0 saturated carbocycles. The molecule has 0 amide bonds. The summed E-state index contributed by atoms with van der Waals surface area (Å²) in [6, 6.07) is 31.8. The summed E-state index contributed by atoms with van der Waals surface area (Å²) in [5.74, 6) is 0. The van der Waals surface area contributed by atoms with Crippen molar-refractivity contribution < 1.29 is 0 Å². The molecule has 26 heavy (non-hydrogen) atoms. The summed E-state index contributed by atoms with van der Waals surface area (Å²) < 4.78 is 0. The summed E-state index contributed by atoms with van der Waals surface area (Å²) in [4.78, 5) is 0. The van der Waals surface area contributed by atoms with E-state index in [1.807, 2.05) is 0 Å². The average Bonchev–Trinajstić information content (AvgIpc) is 2.66. The van der Waals surface area contributed by atoms with Crippen LogP contribution in [-0.2, 0) is 11.6 Å². The van der Waals surface area contributed by atoms with E-state index in [0.29, 0.717) is 0 Å².